The van der Waals surface area contributed by atoms with Crippen molar-refractivity contribution in [1.82, 2.24) is 20.0 Å². The van der Waals surface area contributed by atoms with Crippen LogP contribution in [0.1, 0.15) is 17.0 Å². The van der Waals surface area contributed by atoms with Crippen LogP contribution >= 0.6 is 0 Å². The minimum atomic E-state index is -0.349. The minimum Gasteiger partial charge on any atom is -0.481 e. The van der Waals surface area contributed by atoms with Crippen molar-refractivity contribution in [3.8, 4) is 11.6 Å². The number of amides is 1. The van der Waals surface area contributed by atoms with E-state index in [1.54, 1.807) is 24.7 Å². The molecule has 3 aromatic heterocycles. The number of pyridine rings is 2. The lowest BCUT2D eigenvalue weighted by Gasteiger charge is -2.08. The minimum absolute atomic E-state index is 0.153. The molecule has 1 aromatic carbocycles. The van der Waals surface area contributed by atoms with Gasteiger partial charge in [-0.25, -0.2) is 10.4 Å². The lowest BCUT2D eigenvalue weighted by Crippen LogP contribution is -2.24. The molecular formula is C23H21N5O2. The fraction of sp³-hybridized carbons (Fsp3) is 0.130. The van der Waals surface area contributed by atoms with E-state index >= 15 is 0 Å². The number of benzene rings is 1. The molecule has 7 heteroatoms. The van der Waals surface area contributed by atoms with Crippen LogP contribution in [-0.4, -0.2) is 33.3 Å². The Morgan fingerprint density at radius 2 is 1.93 bits per heavy atom. The average molecular weight is 399 g/mol. The molecule has 30 heavy (non-hydrogen) atoms. The summed E-state index contributed by atoms with van der Waals surface area (Å²) in [5, 5.41) is 5.03. The third kappa shape index (κ3) is 4.05. The van der Waals surface area contributed by atoms with Crippen LogP contribution in [0, 0.1) is 13.8 Å². The second-order valence-corrected chi connectivity index (χ2v) is 6.76. The normalized spacial score (nSPS) is 11.1. The van der Waals surface area contributed by atoms with Crippen LogP contribution in [0.4, 0.5) is 0 Å². The molecule has 0 aliphatic rings. The number of fused-ring (bicyclic) bond motifs is 1. The van der Waals surface area contributed by atoms with Crippen LogP contribution in [0.3, 0.4) is 0 Å². The number of para-hydroxylation sites is 1. The first kappa shape index (κ1) is 19.3. The predicted octanol–water partition coefficient (Wildman–Crippen LogP) is 3.57. The van der Waals surface area contributed by atoms with E-state index in [1.165, 1.54) is 0 Å². The van der Waals surface area contributed by atoms with Gasteiger partial charge in [0.25, 0.3) is 5.91 Å². The van der Waals surface area contributed by atoms with E-state index in [9.17, 15) is 4.79 Å². The highest BCUT2D eigenvalue weighted by atomic mass is 16.5. The van der Waals surface area contributed by atoms with Crippen molar-refractivity contribution in [2.45, 2.75) is 13.8 Å². The Balaban J connectivity index is 1.40. The lowest BCUT2D eigenvalue weighted by atomic mass is 10.2. The zero-order valence-corrected chi connectivity index (χ0v) is 16.7. The first-order chi connectivity index (χ1) is 14.6. The van der Waals surface area contributed by atoms with E-state index in [0.29, 0.717) is 5.75 Å². The van der Waals surface area contributed by atoms with E-state index in [4.69, 9.17) is 4.74 Å². The Hall–Kier alpha value is -4.00. The standard InChI is InChI=1S/C23H21N5O2/c1-16-13-19(17(2)28(16)21-10-3-4-11-24-21)14-26-27-22(29)15-30-20-9-5-7-18-8-6-12-25-23(18)20/h3-14H,15H2,1-2H3,(H,27,29). The summed E-state index contributed by atoms with van der Waals surface area (Å²) < 4.78 is 7.67. The second-order valence-electron chi connectivity index (χ2n) is 6.76. The number of nitrogens with one attached hydrogen (secondary N) is 1. The Morgan fingerprint density at radius 3 is 2.77 bits per heavy atom. The Morgan fingerprint density at radius 1 is 1.10 bits per heavy atom. The van der Waals surface area contributed by atoms with Gasteiger partial charge in [0.2, 0.25) is 0 Å². The van der Waals surface area contributed by atoms with Crippen molar-refractivity contribution in [2.24, 2.45) is 5.10 Å². The SMILES string of the molecule is Cc1cc(C=NNC(=O)COc2cccc3cccnc23)c(C)n1-c1ccccn1. The van der Waals surface area contributed by atoms with Gasteiger partial charge in [-0.1, -0.05) is 24.3 Å². The van der Waals surface area contributed by atoms with Crippen LogP contribution in [0.2, 0.25) is 0 Å². The molecule has 0 saturated carbocycles. The van der Waals surface area contributed by atoms with Gasteiger partial charge < -0.3 is 9.30 Å². The highest BCUT2D eigenvalue weighted by molar-refractivity contribution is 5.86. The summed E-state index contributed by atoms with van der Waals surface area (Å²) in [4.78, 5) is 20.8. The Kier molecular flexibility index (Phi) is 5.52. The molecule has 0 aliphatic heterocycles. The van der Waals surface area contributed by atoms with E-state index < -0.39 is 0 Å². The maximum atomic E-state index is 12.1. The highest BCUT2D eigenvalue weighted by Gasteiger charge is 2.10. The summed E-state index contributed by atoms with van der Waals surface area (Å²) in [6.45, 7) is 3.84. The van der Waals surface area contributed by atoms with Crippen molar-refractivity contribution < 1.29 is 9.53 Å². The molecular weight excluding hydrogens is 378 g/mol. The third-order valence-electron chi connectivity index (χ3n) is 4.70. The zero-order valence-electron chi connectivity index (χ0n) is 16.7. The van der Waals surface area contributed by atoms with Gasteiger partial charge in [0.05, 0.1) is 6.21 Å². The summed E-state index contributed by atoms with van der Waals surface area (Å²) in [7, 11) is 0. The van der Waals surface area contributed by atoms with Crippen LogP contribution in [0.5, 0.6) is 5.75 Å². The summed E-state index contributed by atoms with van der Waals surface area (Å²) in [5.74, 6) is 1.05. The van der Waals surface area contributed by atoms with Crippen LogP contribution < -0.4 is 10.2 Å². The molecule has 0 aliphatic carbocycles. The topological polar surface area (TPSA) is 81.4 Å². The quantitative estimate of drug-likeness (QED) is 0.397. The maximum absolute atomic E-state index is 12.1. The second kappa shape index (κ2) is 8.57. The molecule has 0 atom stereocenters. The van der Waals surface area contributed by atoms with Gasteiger partial charge >= 0.3 is 0 Å². The lowest BCUT2D eigenvalue weighted by molar-refractivity contribution is -0.123. The fourth-order valence-corrected chi connectivity index (χ4v) is 3.30. The van der Waals surface area contributed by atoms with Crippen molar-refractivity contribution in [1.29, 1.82) is 0 Å². The fourth-order valence-electron chi connectivity index (χ4n) is 3.30. The van der Waals surface area contributed by atoms with Crippen LogP contribution in [-0.2, 0) is 4.79 Å². The molecule has 4 rings (SSSR count). The Bertz CT molecular complexity index is 1210. The van der Waals surface area contributed by atoms with E-state index in [2.05, 4.69) is 20.5 Å². The molecule has 0 fully saturated rings. The van der Waals surface area contributed by atoms with Crippen LogP contribution in [0.15, 0.2) is 72.1 Å². The molecule has 0 bridgehead atoms. The van der Waals surface area contributed by atoms with Gasteiger partial charge in [0.1, 0.15) is 17.1 Å². The Labute approximate surface area is 174 Å². The van der Waals surface area contributed by atoms with Crippen molar-refractivity contribution >= 4 is 23.0 Å². The monoisotopic (exact) mass is 399 g/mol. The number of aromatic nitrogens is 3. The number of nitrogens with zero attached hydrogens (tertiary/aromatic N) is 4. The molecule has 0 radical (unpaired) electrons. The number of hydrogen-bond donors (Lipinski definition) is 1. The van der Waals surface area contributed by atoms with Crippen molar-refractivity contribution in [3.63, 3.8) is 0 Å². The highest BCUT2D eigenvalue weighted by Crippen LogP contribution is 2.22. The summed E-state index contributed by atoms with van der Waals surface area (Å²) in [6, 6.07) is 17.2. The third-order valence-corrected chi connectivity index (χ3v) is 4.70. The van der Waals surface area contributed by atoms with E-state index in [-0.39, 0.29) is 12.5 Å². The summed E-state index contributed by atoms with van der Waals surface area (Å²) in [5.41, 5.74) is 6.15. The molecule has 4 aromatic rings. The number of hydrogen-bond acceptors (Lipinski definition) is 5. The van der Waals surface area contributed by atoms with E-state index in [1.807, 2.05) is 66.9 Å². The predicted molar refractivity (Wildman–Crippen MR) is 116 cm³/mol. The molecule has 0 spiro atoms. The molecule has 150 valence electrons. The number of carbonyl (C=O) groups excluding carboxylic acids is 1. The summed E-state index contributed by atoms with van der Waals surface area (Å²) in [6.07, 6.45) is 5.08. The van der Waals surface area contributed by atoms with Gasteiger partial charge in [0.15, 0.2) is 6.61 Å². The molecule has 7 nitrogen and oxygen atoms in total. The van der Waals surface area contributed by atoms with Crippen molar-refractivity contribution in [3.05, 3.63) is 83.9 Å². The molecule has 1 N–H and O–H groups in total. The van der Waals surface area contributed by atoms with E-state index in [0.717, 1.165) is 33.7 Å². The maximum Gasteiger partial charge on any atom is 0.277 e. The molecule has 3 heterocycles. The van der Waals surface area contributed by atoms with Gasteiger partial charge in [-0.2, -0.15) is 5.10 Å². The summed E-state index contributed by atoms with van der Waals surface area (Å²) >= 11 is 0. The number of rotatable bonds is 6. The zero-order chi connectivity index (χ0) is 20.9. The van der Waals surface area contributed by atoms with Crippen LogP contribution in [0.25, 0.3) is 16.7 Å². The van der Waals surface area contributed by atoms with Gasteiger partial charge in [-0.05, 0) is 44.2 Å². The number of carbonyl (C=O) groups is 1. The number of ether oxygens (including phenoxy) is 1. The van der Waals surface area contributed by atoms with Gasteiger partial charge in [0, 0.05) is 34.7 Å². The molecule has 0 saturated heterocycles. The van der Waals surface area contributed by atoms with Gasteiger partial charge in [-0.3, -0.25) is 9.78 Å². The smallest absolute Gasteiger partial charge is 0.277 e. The number of aryl methyl sites for hydroxylation is 1. The molecule has 0 unspecified atom stereocenters. The van der Waals surface area contributed by atoms with Crippen molar-refractivity contribution in [2.75, 3.05) is 6.61 Å². The average Bonchev–Trinajstić information content (AvgIpc) is 3.06. The van der Waals surface area contributed by atoms with Gasteiger partial charge in [-0.15, -0.1) is 0 Å². The number of hydrazone groups is 1. The largest absolute Gasteiger partial charge is 0.481 e. The first-order valence-electron chi connectivity index (χ1n) is 9.52. The first-order valence-corrected chi connectivity index (χ1v) is 9.52. The molecule has 1 amide bonds.